The van der Waals surface area contributed by atoms with Crippen molar-refractivity contribution in [2.24, 2.45) is 0 Å². The lowest BCUT2D eigenvalue weighted by Crippen LogP contribution is -2.25. The number of fused-ring (bicyclic) bond motifs is 4. The maximum atomic E-state index is 12.2. The first-order valence-corrected chi connectivity index (χ1v) is 27.6. The second-order valence-corrected chi connectivity index (χ2v) is 20.9. The van der Waals surface area contributed by atoms with Crippen molar-refractivity contribution in [3.63, 3.8) is 0 Å². The van der Waals surface area contributed by atoms with E-state index in [1.54, 1.807) is 18.5 Å². The van der Waals surface area contributed by atoms with Gasteiger partial charge >= 0.3 is 5.97 Å². The molecule has 3 heterocycles. The summed E-state index contributed by atoms with van der Waals surface area (Å²) in [5.41, 5.74) is 9.46. The van der Waals surface area contributed by atoms with Crippen LogP contribution >= 0.6 is 22.7 Å². The Morgan fingerprint density at radius 3 is 1.48 bits per heavy atom. The second kappa shape index (κ2) is 24.4. The highest BCUT2D eigenvalue weighted by atomic mass is 32.1. The molecule has 4 aromatic carbocycles. The SMILES string of the molecule is CCCCCCOc1ccc(N(c2ccc(OCCCCCC)cc2)c2ccc(-c3cc4c(s3)-c3sc(-c5ccc(C(=O)O)c6nccnc56)cc3C4(CCCCCC)CCCCCC)cc2)cc1. The number of hydrogen-bond donors (Lipinski definition) is 1. The average molecular weight is 962 g/mol. The summed E-state index contributed by atoms with van der Waals surface area (Å²) in [6, 6.07) is 34.8. The molecule has 0 amide bonds. The summed E-state index contributed by atoms with van der Waals surface area (Å²) < 4.78 is 12.3. The first kappa shape index (κ1) is 49.9. The van der Waals surface area contributed by atoms with Gasteiger partial charge in [0.05, 0.1) is 24.3 Å². The van der Waals surface area contributed by atoms with Crippen molar-refractivity contribution in [1.82, 2.24) is 9.97 Å². The lowest BCUT2D eigenvalue weighted by atomic mass is 9.71. The largest absolute Gasteiger partial charge is 0.494 e. The number of rotatable bonds is 28. The molecule has 7 nitrogen and oxygen atoms in total. The minimum Gasteiger partial charge on any atom is -0.494 e. The first-order valence-electron chi connectivity index (χ1n) is 26.0. The summed E-state index contributed by atoms with van der Waals surface area (Å²) in [5.74, 6) is 0.804. The standard InChI is InChI=1S/C60H71N3O4S2/c1-5-9-13-17-35-60(36-18-14-10-6-2)51-41-53(68-57(51)58-52(60)42-54(69-58)49-33-34-50(59(64)65)56-55(49)61-37-38-62-56)43-21-23-44(24-22-43)63(45-25-29-47(30-26-45)66-39-19-15-11-7-3)46-27-31-48(32-28-46)67-40-20-16-12-8-4/h21-34,37-38,41-42H,5-20,35-36,39-40H2,1-4H3,(H,64,65). The van der Waals surface area contributed by atoms with Gasteiger partial charge in [-0.15, -0.1) is 22.7 Å². The molecule has 9 heteroatoms. The van der Waals surface area contributed by atoms with Gasteiger partial charge in [-0.1, -0.05) is 136 Å². The molecule has 0 bridgehead atoms. The Morgan fingerprint density at radius 1 is 0.536 bits per heavy atom. The molecule has 1 N–H and O–H groups in total. The van der Waals surface area contributed by atoms with Crippen LogP contribution in [0.2, 0.25) is 0 Å². The van der Waals surface area contributed by atoms with Crippen LogP contribution < -0.4 is 14.4 Å². The van der Waals surface area contributed by atoms with E-state index in [1.807, 2.05) is 28.7 Å². The fourth-order valence-electron chi connectivity index (χ4n) is 10.1. The monoisotopic (exact) mass is 961 g/mol. The molecule has 0 unspecified atom stereocenters. The third-order valence-electron chi connectivity index (χ3n) is 13.9. The van der Waals surface area contributed by atoms with Gasteiger partial charge in [-0.25, -0.2) is 4.79 Å². The third kappa shape index (κ3) is 11.6. The van der Waals surface area contributed by atoms with Gasteiger partial charge in [0, 0.05) is 59.9 Å². The number of anilines is 3. The highest BCUT2D eigenvalue weighted by Crippen LogP contribution is 2.62. The molecule has 0 radical (unpaired) electrons. The van der Waals surface area contributed by atoms with Crippen LogP contribution in [0, 0.1) is 0 Å². The molecule has 0 aliphatic heterocycles. The summed E-state index contributed by atoms with van der Waals surface area (Å²) in [5, 5.41) is 10.0. The Hall–Kier alpha value is -5.51. The van der Waals surface area contributed by atoms with Crippen LogP contribution in [-0.2, 0) is 5.41 Å². The van der Waals surface area contributed by atoms with Gasteiger partial charge in [0.2, 0.25) is 0 Å². The Kier molecular flexibility index (Phi) is 17.6. The molecule has 0 spiro atoms. The fraction of sp³-hybridized carbons (Fsp3) is 0.417. The van der Waals surface area contributed by atoms with Crippen molar-refractivity contribution in [2.45, 2.75) is 149 Å². The number of unbranched alkanes of at least 4 members (excludes halogenated alkanes) is 12. The number of benzene rings is 4. The van der Waals surface area contributed by atoms with Crippen LogP contribution in [0.5, 0.6) is 11.5 Å². The number of carboxylic acid groups (broad SMARTS) is 1. The van der Waals surface area contributed by atoms with Gasteiger partial charge in [-0.3, -0.25) is 9.97 Å². The number of aromatic carboxylic acids is 1. The van der Waals surface area contributed by atoms with Crippen LogP contribution in [0.15, 0.2) is 109 Å². The van der Waals surface area contributed by atoms with Crippen LogP contribution in [0.1, 0.15) is 165 Å². The summed E-state index contributed by atoms with van der Waals surface area (Å²) in [7, 11) is 0. The molecule has 0 fully saturated rings. The van der Waals surface area contributed by atoms with E-state index in [-0.39, 0.29) is 11.0 Å². The van der Waals surface area contributed by atoms with Crippen molar-refractivity contribution >= 4 is 56.7 Å². The van der Waals surface area contributed by atoms with Crippen molar-refractivity contribution < 1.29 is 19.4 Å². The maximum Gasteiger partial charge on any atom is 0.337 e. The second-order valence-electron chi connectivity index (χ2n) is 18.8. The Balaban J connectivity index is 1.14. The van der Waals surface area contributed by atoms with Crippen LogP contribution in [-0.4, -0.2) is 34.3 Å². The zero-order chi connectivity index (χ0) is 48.0. The molecule has 3 aromatic heterocycles. The van der Waals surface area contributed by atoms with Gasteiger partial charge < -0.3 is 19.5 Å². The van der Waals surface area contributed by atoms with Gasteiger partial charge in [0.1, 0.15) is 17.0 Å². The molecular formula is C60H71N3O4S2. The zero-order valence-corrected chi connectivity index (χ0v) is 43.0. The summed E-state index contributed by atoms with van der Waals surface area (Å²) >= 11 is 3.75. The number of carboxylic acids is 1. The summed E-state index contributed by atoms with van der Waals surface area (Å²) in [6.45, 7) is 10.5. The highest BCUT2D eigenvalue weighted by Gasteiger charge is 2.45. The van der Waals surface area contributed by atoms with Crippen molar-refractivity contribution in [3.05, 3.63) is 126 Å². The number of thiophene rings is 2. The van der Waals surface area contributed by atoms with Gasteiger partial charge in [0.15, 0.2) is 0 Å². The van der Waals surface area contributed by atoms with E-state index in [9.17, 15) is 9.90 Å². The summed E-state index contributed by atoms with van der Waals surface area (Å²) in [4.78, 5) is 28.9. The van der Waals surface area contributed by atoms with Crippen molar-refractivity contribution in [2.75, 3.05) is 18.1 Å². The predicted molar refractivity (Wildman–Crippen MR) is 291 cm³/mol. The maximum absolute atomic E-state index is 12.2. The van der Waals surface area contributed by atoms with E-state index in [4.69, 9.17) is 14.5 Å². The van der Waals surface area contributed by atoms with Crippen LogP contribution in [0.4, 0.5) is 17.1 Å². The van der Waals surface area contributed by atoms with Gasteiger partial charge in [-0.05, 0) is 121 Å². The normalized spacial score (nSPS) is 12.6. The predicted octanol–water partition coefficient (Wildman–Crippen LogP) is 18.4. The molecule has 0 saturated carbocycles. The lowest BCUT2D eigenvalue weighted by molar-refractivity contribution is 0.0698. The molecule has 69 heavy (non-hydrogen) atoms. The van der Waals surface area contributed by atoms with E-state index in [2.05, 4.69) is 123 Å². The Bertz CT molecular complexity index is 2650. The zero-order valence-electron chi connectivity index (χ0n) is 41.4. The molecule has 7 aromatic rings. The van der Waals surface area contributed by atoms with E-state index < -0.39 is 5.97 Å². The number of hydrogen-bond acceptors (Lipinski definition) is 8. The Labute approximate surface area is 419 Å². The first-order chi connectivity index (χ1) is 33.9. The van der Waals surface area contributed by atoms with Crippen molar-refractivity contribution in [1.29, 1.82) is 0 Å². The Morgan fingerprint density at radius 2 is 0.986 bits per heavy atom. The molecule has 8 rings (SSSR count). The minimum absolute atomic E-state index is 0.0916. The highest BCUT2D eigenvalue weighted by molar-refractivity contribution is 7.25. The molecular weight excluding hydrogens is 891 g/mol. The average Bonchev–Trinajstić information content (AvgIpc) is 4.08. The number of aromatic nitrogens is 2. The fourth-order valence-corrected chi connectivity index (χ4v) is 12.8. The van der Waals surface area contributed by atoms with E-state index in [1.165, 1.54) is 121 Å². The molecule has 1 aliphatic rings. The van der Waals surface area contributed by atoms with Crippen LogP contribution in [0.3, 0.4) is 0 Å². The quantitative estimate of drug-likeness (QED) is 0.0490. The third-order valence-corrected chi connectivity index (χ3v) is 16.4. The van der Waals surface area contributed by atoms with Crippen LogP contribution in [0.25, 0.3) is 41.7 Å². The van der Waals surface area contributed by atoms with Gasteiger partial charge in [-0.2, -0.15) is 0 Å². The summed E-state index contributed by atoms with van der Waals surface area (Å²) in [6.07, 6.45) is 24.6. The van der Waals surface area contributed by atoms with E-state index in [0.29, 0.717) is 11.0 Å². The van der Waals surface area contributed by atoms with E-state index in [0.717, 1.165) is 77.9 Å². The van der Waals surface area contributed by atoms with E-state index >= 15 is 0 Å². The topological polar surface area (TPSA) is 84.8 Å². The number of ether oxygens (including phenoxy) is 2. The number of nitrogens with zero attached hydrogens (tertiary/aromatic N) is 3. The van der Waals surface area contributed by atoms with Crippen molar-refractivity contribution in [3.8, 4) is 42.1 Å². The molecule has 1 aliphatic carbocycles. The smallest absolute Gasteiger partial charge is 0.337 e. The molecule has 0 atom stereocenters. The molecule has 0 saturated heterocycles. The minimum atomic E-state index is -0.990. The lowest BCUT2D eigenvalue weighted by Gasteiger charge is -2.31. The number of carbonyl (C=O) groups is 1. The van der Waals surface area contributed by atoms with Gasteiger partial charge in [0.25, 0.3) is 0 Å². The molecule has 362 valence electrons.